The standard InChI is InChI=1S/C9H12F3NS/c1-4-7-5(2)8(13-6(7)3)14-9(10,11)12/h13H,4H2,1-3H3. The zero-order valence-corrected chi connectivity index (χ0v) is 9.07. The van der Waals surface area contributed by atoms with E-state index in [1.54, 1.807) is 13.8 Å². The van der Waals surface area contributed by atoms with Crippen LogP contribution < -0.4 is 0 Å². The van der Waals surface area contributed by atoms with Gasteiger partial charge in [-0.1, -0.05) is 6.92 Å². The molecule has 0 saturated carbocycles. The fourth-order valence-electron chi connectivity index (χ4n) is 1.51. The summed E-state index contributed by atoms with van der Waals surface area (Å²) >= 11 is -0.0778. The molecule has 0 aliphatic carbocycles. The maximum Gasteiger partial charge on any atom is 0.447 e. The molecule has 0 amide bonds. The Balaban J connectivity index is 3.00. The highest BCUT2D eigenvalue weighted by Gasteiger charge is 2.31. The van der Waals surface area contributed by atoms with Crippen LogP contribution in [-0.2, 0) is 6.42 Å². The van der Waals surface area contributed by atoms with Crippen molar-refractivity contribution >= 4 is 11.8 Å². The summed E-state index contributed by atoms with van der Waals surface area (Å²) in [6, 6.07) is 0. The molecule has 0 aliphatic heterocycles. The van der Waals surface area contributed by atoms with Crippen LogP contribution in [0.25, 0.3) is 0 Å². The van der Waals surface area contributed by atoms with E-state index in [0.717, 1.165) is 17.7 Å². The number of alkyl halides is 3. The molecule has 0 bridgehead atoms. The first-order valence-electron chi connectivity index (χ1n) is 4.29. The molecule has 1 aromatic heterocycles. The molecular weight excluding hydrogens is 211 g/mol. The number of halogens is 3. The van der Waals surface area contributed by atoms with Gasteiger partial charge in [0.25, 0.3) is 0 Å². The average Bonchev–Trinajstić information content (AvgIpc) is 2.24. The van der Waals surface area contributed by atoms with Crippen LogP contribution in [0.5, 0.6) is 0 Å². The largest absolute Gasteiger partial charge is 0.447 e. The number of H-pyrrole nitrogens is 1. The summed E-state index contributed by atoms with van der Waals surface area (Å²) in [7, 11) is 0. The number of rotatable bonds is 2. The Labute approximate surface area is 85.1 Å². The zero-order chi connectivity index (χ0) is 10.9. The second-order valence-electron chi connectivity index (χ2n) is 3.08. The third-order valence-corrected chi connectivity index (χ3v) is 2.96. The lowest BCUT2D eigenvalue weighted by molar-refractivity contribution is -0.0329. The molecule has 1 aromatic rings. The molecule has 5 heteroatoms. The topological polar surface area (TPSA) is 15.8 Å². The molecule has 1 heterocycles. The number of thioether (sulfide) groups is 1. The lowest BCUT2D eigenvalue weighted by Crippen LogP contribution is -1.99. The molecule has 1 N–H and O–H groups in total. The molecule has 0 aliphatic rings. The van der Waals surface area contributed by atoms with E-state index in [0.29, 0.717) is 5.56 Å². The van der Waals surface area contributed by atoms with E-state index < -0.39 is 5.51 Å². The van der Waals surface area contributed by atoms with Gasteiger partial charge >= 0.3 is 5.51 Å². The van der Waals surface area contributed by atoms with E-state index in [-0.39, 0.29) is 16.8 Å². The predicted molar refractivity (Wildman–Crippen MR) is 51.6 cm³/mol. The Bertz CT molecular complexity index is 328. The van der Waals surface area contributed by atoms with Crippen molar-refractivity contribution in [1.29, 1.82) is 0 Å². The van der Waals surface area contributed by atoms with E-state index in [1.807, 2.05) is 6.92 Å². The normalized spacial score (nSPS) is 12.1. The smallest absolute Gasteiger partial charge is 0.353 e. The lowest BCUT2D eigenvalue weighted by atomic mass is 10.1. The minimum atomic E-state index is -4.22. The van der Waals surface area contributed by atoms with Crippen LogP contribution in [0, 0.1) is 13.8 Å². The molecular formula is C9H12F3NS. The molecule has 0 radical (unpaired) electrons. The molecule has 0 saturated heterocycles. The fourth-order valence-corrected chi connectivity index (χ4v) is 2.22. The molecule has 0 aromatic carbocycles. The van der Waals surface area contributed by atoms with Crippen molar-refractivity contribution in [3.8, 4) is 0 Å². The van der Waals surface area contributed by atoms with Gasteiger partial charge in [-0.15, -0.1) is 0 Å². The summed E-state index contributed by atoms with van der Waals surface area (Å²) in [5.74, 6) is 0. The quantitative estimate of drug-likeness (QED) is 0.754. The van der Waals surface area contributed by atoms with Crippen LogP contribution in [0.4, 0.5) is 13.2 Å². The van der Waals surface area contributed by atoms with Gasteiger partial charge in [0.15, 0.2) is 0 Å². The van der Waals surface area contributed by atoms with Gasteiger partial charge in [0, 0.05) is 17.5 Å². The van der Waals surface area contributed by atoms with E-state index in [1.165, 1.54) is 0 Å². The average molecular weight is 223 g/mol. The van der Waals surface area contributed by atoms with Crippen molar-refractivity contribution in [3.05, 3.63) is 16.8 Å². The van der Waals surface area contributed by atoms with Gasteiger partial charge in [-0.3, -0.25) is 0 Å². The number of aromatic amines is 1. The first-order valence-corrected chi connectivity index (χ1v) is 5.10. The van der Waals surface area contributed by atoms with E-state index in [2.05, 4.69) is 4.98 Å². The van der Waals surface area contributed by atoms with Gasteiger partial charge in [-0.2, -0.15) is 13.2 Å². The Morgan fingerprint density at radius 2 is 1.86 bits per heavy atom. The zero-order valence-electron chi connectivity index (χ0n) is 8.25. The molecule has 1 rings (SSSR count). The molecule has 1 nitrogen and oxygen atoms in total. The van der Waals surface area contributed by atoms with E-state index >= 15 is 0 Å². The van der Waals surface area contributed by atoms with Crippen LogP contribution in [0.3, 0.4) is 0 Å². The summed E-state index contributed by atoms with van der Waals surface area (Å²) < 4.78 is 36.3. The van der Waals surface area contributed by atoms with Gasteiger partial charge in [-0.05, 0) is 31.4 Å². The SMILES string of the molecule is CCc1c(C)[nH]c(SC(F)(F)F)c1C. The number of aromatic nitrogens is 1. The first-order chi connectivity index (χ1) is 6.35. The highest BCUT2D eigenvalue weighted by atomic mass is 32.2. The Morgan fingerprint density at radius 1 is 1.29 bits per heavy atom. The molecule has 80 valence electrons. The predicted octanol–water partition coefficient (Wildman–Crippen LogP) is 3.81. The van der Waals surface area contributed by atoms with Gasteiger partial charge in [-0.25, -0.2) is 0 Å². The third kappa shape index (κ3) is 2.47. The molecule has 0 spiro atoms. The second-order valence-corrected chi connectivity index (χ2v) is 4.16. The van der Waals surface area contributed by atoms with Gasteiger partial charge in [0.1, 0.15) is 0 Å². The summed E-state index contributed by atoms with van der Waals surface area (Å²) in [4.78, 5) is 2.76. The van der Waals surface area contributed by atoms with E-state index in [9.17, 15) is 13.2 Å². The number of hydrogen-bond acceptors (Lipinski definition) is 1. The third-order valence-electron chi connectivity index (χ3n) is 2.12. The summed E-state index contributed by atoms with van der Waals surface area (Å²) in [5, 5.41) is 0.215. The van der Waals surface area contributed by atoms with Crippen molar-refractivity contribution < 1.29 is 13.2 Å². The summed E-state index contributed by atoms with van der Waals surface area (Å²) in [6.45, 7) is 5.45. The Morgan fingerprint density at radius 3 is 2.21 bits per heavy atom. The lowest BCUT2D eigenvalue weighted by Gasteiger charge is -2.04. The van der Waals surface area contributed by atoms with Crippen molar-refractivity contribution in [2.75, 3.05) is 0 Å². The summed E-state index contributed by atoms with van der Waals surface area (Å²) in [5.41, 5.74) is -1.69. The van der Waals surface area contributed by atoms with Crippen molar-refractivity contribution in [2.45, 2.75) is 37.7 Å². The van der Waals surface area contributed by atoms with Crippen LogP contribution in [0.2, 0.25) is 0 Å². The van der Waals surface area contributed by atoms with Crippen LogP contribution in [-0.4, -0.2) is 10.5 Å². The molecule has 0 atom stereocenters. The minimum Gasteiger partial charge on any atom is -0.353 e. The van der Waals surface area contributed by atoms with Crippen LogP contribution in [0.15, 0.2) is 5.03 Å². The highest BCUT2D eigenvalue weighted by Crippen LogP contribution is 2.39. The maximum atomic E-state index is 12.1. The Hall–Kier alpha value is -0.580. The number of nitrogens with one attached hydrogen (secondary N) is 1. The first kappa shape index (κ1) is 11.5. The van der Waals surface area contributed by atoms with Crippen molar-refractivity contribution in [1.82, 2.24) is 4.98 Å². The number of hydrogen-bond donors (Lipinski definition) is 1. The second kappa shape index (κ2) is 3.88. The molecule has 0 fully saturated rings. The van der Waals surface area contributed by atoms with E-state index in [4.69, 9.17) is 0 Å². The van der Waals surface area contributed by atoms with Crippen LogP contribution in [0.1, 0.15) is 23.7 Å². The van der Waals surface area contributed by atoms with Gasteiger partial charge < -0.3 is 4.98 Å². The van der Waals surface area contributed by atoms with Gasteiger partial charge in [0.2, 0.25) is 0 Å². The van der Waals surface area contributed by atoms with Crippen LogP contribution >= 0.6 is 11.8 Å². The molecule has 0 unspecified atom stereocenters. The maximum absolute atomic E-state index is 12.1. The molecule has 14 heavy (non-hydrogen) atoms. The minimum absolute atomic E-state index is 0.0778. The van der Waals surface area contributed by atoms with Crippen molar-refractivity contribution in [3.63, 3.8) is 0 Å². The number of aryl methyl sites for hydroxylation is 1. The summed E-state index contributed by atoms with van der Waals surface area (Å²) in [6.07, 6.45) is 0.757. The Kier molecular flexibility index (Phi) is 3.19. The highest BCUT2D eigenvalue weighted by molar-refractivity contribution is 8.00. The monoisotopic (exact) mass is 223 g/mol. The fraction of sp³-hybridized carbons (Fsp3) is 0.556. The van der Waals surface area contributed by atoms with Gasteiger partial charge in [0.05, 0.1) is 5.03 Å². The van der Waals surface area contributed by atoms with Crippen molar-refractivity contribution in [2.24, 2.45) is 0 Å².